The number of hydrogen-bond donors (Lipinski definition) is 2. The molecule has 16 heavy (non-hydrogen) atoms. The largest absolute Gasteiger partial charge is 0.329 e. The molecule has 0 radical (unpaired) electrons. The maximum atomic E-state index is 5.80. The molecule has 4 heteroatoms. The van der Waals surface area contributed by atoms with Crippen LogP contribution in [0.4, 0.5) is 0 Å². The van der Waals surface area contributed by atoms with E-state index in [0.29, 0.717) is 6.54 Å². The van der Waals surface area contributed by atoms with Crippen LogP contribution in [0.25, 0.3) is 0 Å². The second-order valence-corrected chi connectivity index (χ2v) is 4.95. The van der Waals surface area contributed by atoms with Crippen molar-refractivity contribution in [3.05, 3.63) is 34.3 Å². The third kappa shape index (κ3) is 4.61. The van der Waals surface area contributed by atoms with Crippen LogP contribution < -0.4 is 11.5 Å². The van der Waals surface area contributed by atoms with Gasteiger partial charge in [0.2, 0.25) is 0 Å². The van der Waals surface area contributed by atoms with Crippen molar-refractivity contribution in [2.75, 3.05) is 26.7 Å². The summed E-state index contributed by atoms with van der Waals surface area (Å²) in [6.45, 7) is 2.39. The first-order chi connectivity index (χ1) is 7.63. The van der Waals surface area contributed by atoms with E-state index in [-0.39, 0.29) is 6.04 Å². The maximum absolute atomic E-state index is 5.80. The Balaban J connectivity index is 2.37. The summed E-state index contributed by atoms with van der Waals surface area (Å²) in [6.07, 6.45) is 1.02. The number of halogens is 1. The van der Waals surface area contributed by atoms with E-state index in [1.807, 2.05) is 6.07 Å². The minimum Gasteiger partial charge on any atom is -0.329 e. The molecule has 0 aliphatic heterocycles. The molecular formula is C12H20BrN3. The van der Waals surface area contributed by atoms with Crippen LogP contribution in [0, 0.1) is 0 Å². The van der Waals surface area contributed by atoms with Gasteiger partial charge in [-0.1, -0.05) is 34.1 Å². The summed E-state index contributed by atoms with van der Waals surface area (Å²) in [5.41, 5.74) is 12.6. The van der Waals surface area contributed by atoms with Crippen LogP contribution in [-0.4, -0.2) is 37.6 Å². The summed E-state index contributed by atoms with van der Waals surface area (Å²) in [6, 6.07) is 8.37. The van der Waals surface area contributed by atoms with Crippen molar-refractivity contribution in [1.82, 2.24) is 4.90 Å². The molecule has 0 spiro atoms. The van der Waals surface area contributed by atoms with Gasteiger partial charge in [0, 0.05) is 30.1 Å². The lowest BCUT2D eigenvalue weighted by molar-refractivity contribution is 0.316. The summed E-state index contributed by atoms with van der Waals surface area (Å²) < 4.78 is 1.17. The molecule has 1 atom stereocenters. The highest BCUT2D eigenvalue weighted by Crippen LogP contribution is 2.16. The zero-order valence-electron chi connectivity index (χ0n) is 9.70. The quantitative estimate of drug-likeness (QED) is 0.826. The Morgan fingerprint density at radius 2 is 2.06 bits per heavy atom. The Kier molecular flexibility index (Phi) is 5.98. The standard InChI is InChI=1S/C12H20BrN3/c1-16(9-11(15)8-14)7-6-10-4-2-3-5-12(10)13/h2-5,11H,6-9,14-15H2,1H3. The van der Waals surface area contributed by atoms with E-state index in [2.05, 4.69) is 46.1 Å². The average molecular weight is 286 g/mol. The molecule has 90 valence electrons. The van der Waals surface area contributed by atoms with Crippen molar-refractivity contribution in [2.45, 2.75) is 12.5 Å². The number of likely N-dealkylation sites (N-methyl/N-ethyl adjacent to an activating group) is 1. The third-order valence-electron chi connectivity index (χ3n) is 2.57. The van der Waals surface area contributed by atoms with Crippen LogP contribution in [-0.2, 0) is 6.42 Å². The monoisotopic (exact) mass is 285 g/mol. The van der Waals surface area contributed by atoms with Gasteiger partial charge in [-0.05, 0) is 25.1 Å². The zero-order valence-corrected chi connectivity index (χ0v) is 11.3. The normalized spacial score (nSPS) is 13.1. The van der Waals surface area contributed by atoms with Gasteiger partial charge >= 0.3 is 0 Å². The average Bonchev–Trinajstić information content (AvgIpc) is 2.28. The van der Waals surface area contributed by atoms with E-state index in [1.54, 1.807) is 0 Å². The molecule has 0 amide bonds. The van der Waals surface area contributed by atoms with Crippen molar-refractivity contribution < 1.29 is 0 Å². The van der Waals surface area contributed by atoms with Crippen LogP contribution in [0.5, 0.6) is 0 Å². The smallest absolute Gasteiger partial charge is 0.0292 e. The summed E-state index contributed by atoms with van der Waals surface area (Å²) in [7, 11) is 2.08. The first kappa shape index (κ1) is 13.6. The second-order valence-electron chi connectivity index (χ2n) is 4.10. The maximum Gasteiger partial charge on any atom is 0.0292 e. The minimum absolute atomic E-state index is 0.0733. The highest BCUT2D eigenvalue weighted by atomic mass is 79.9. The van der Waals surface area contributed by atoms with Gasteiger partial charge in [0.1, 0.15) is 0 Å². The zero-order chi connectivity index (χ0) is 12.0. The molecule has 0 bridgehead atoms. The fourth-order valence-electron chi connectivity index (χ4n) is 1.58. The highest BCUT2D eigenvalue weighted by molar-refractivity contribution is 9.10. The molecule has 1 unspecified atom stereocenters. The Bertz CT molecular complexity index is 317. The molecule has 0 saturated heterocycles. The molecule has 1 rings (SSSR count). The van der Waals surface area contributed by atoms with E-state index in [9.17, 15) is 0 Å². The Hall–Kier alpha value is -0.420. The van der Waals surface area contributed by atoms with Crippen molar-refractivity contribution in [3.63, 3.8) is 0 Å². The summed E-state index contributed by atoms with van der Waals surface area (Å²) >= 11 is 3.55. The van der Waals surface area contributed by atoms with Gasteiger partial charge < -0.3 is 16.4 Å². The van der Waals surface area contributed by atoms with Gasteiger partial charge in [0.05, 0.1) is 0 Å². The predicted octanol–water partition coefficient (Wildman–Crippen LogP) is 1.21. The number of nitrogens with two attached hydrogens (primary N) is 2. The Morgan fingerprint density at radius 1 is 1.38 bits per heavy atom. The topological polar surface area (TPSA) is 55.3 Å². The van der Waals surface area contributed by atoms with Crippen LogP contribution in [0.15, 0.2) is 28.7 Å². The molecule has 0 aromatic heterocycles. The number of rotatable bonds is 6. The lowest BCUT2D eigenvalue weighted by Crippen LogP contribution is -2.41. The van der Waals surface area contributed by atoms with Gasteiger partial charge in [-0.3, -0.25) is 0 Å². The molecule has 0 fully saturated rings. The van der Waals surface area contributed by atoms with Gasteiger partial charge in [0.25, 0.3) is 0 Å². The van der Waals surface area contributed by atoms with E-state index in [4.69, 9.17) is 11.5 Å². The minimum atomic E-state index is 0.0733. The van der Waals surface area contributed by atoms with E-state index < -0.39 is 0 Å². The molecule has 4 N–H and O–H groups in total. The van der Waals surface area contributed by atoms with Crippen LogP contribution in [0.1, 0.15) is 5.56 Å². The van der Waals surface area contributed by atoms with Crippen molar-refractivity contribution in [2.24, 2.45) is 11.5 Å². The van der Waals surface area contributed by atoms with Gasteiger partial charge in [-0.25, -0.2) is 0 Å². The summed E-state index contributed by atoms with van der Waals surface area (Å²) in [4.78, 5) is 2.22. The Labute approximate surface area is 106 Å². The van der Waals surface area contributed by atoms with Crippen LogP contribution >= 0.6 is 15.9 Å². The SMILES string of the molecule is CN(CCc1ccccc1Br)CC(N)CN. The first-order valence-corrected chi connectivity index (χ1v) is 6.30. The molecule has 3 nitrogen and oxygen atoms in total. The predicted molar refractivity (Wildman–Crippen MR) is 72.4 cm³/mol. The van der Waals surface area contributed by atoms with Gasteiger partial charge in [0.15, 0.2) is 0 Å². The lowest BCUT2D eigenvalue weighted by atomic mass is 10.1. The molecule has 0 aliphatic carbocycles. The Morgan fingerprint density at radius 3 is 2.69 bits per heavy atom. The molecular weight excluding hydrogens is 266 g/mol. The molecule has 1 aromatic rings. The molecule has 0 heterocycles. The third-order valence-corrected chi connectivity index (χ3v) is 3.34. The number of nitrogens with zero attached hydrogens (tertiary/aromatic N) is 1. The van der Waals surface area contributed by atoms with Crippen molar-refractivity contribution in [3.8, 4) is 0 Å². The number of benzene rings is 1. The molecule has 0 saturated carbocycles. The number of hydrogen-bond acceptors (Lipinski definition) is 3. The fourth-order valence-corrected chi connectivity index (χ4v) is 2.06. The van der Waals surface area contributed by atoms with E-state index in [0.717, 1.165) is 19.5 Å². The van der Waals surface area contributed by atoms with Crippen LogP contribution in [0.2, 0.25) is 0 Å². The lowest BCUT2D eigenvalue weighted by Gasteiger charge is -2.20. The fraction of sp³-hybridized carbons (Fsp3) is 0.500. The molecule has 1 aromatic carbocycles. The first-order valence-electron chi connectivity index (χ1n) is 5.51. The second kappa shape index (κ2) is 7.01. The van der Waals surface area contributed by atoms with E-state index >= 15 is 0 Å². The van der Waals surface area contributed by atoms with Crippen LogP contribution in [0.3, 0.4) is 0 Å². The highest BCUT2D eigenvalue weighted by Gasteiger charge is 2.05. The van der Waals surface area contributed by atoms with Crippen molar-refractivity contribution >= 4 is 15.9 Å². The van der Waals surface area contributed by atoms with Gasteiger partial charge in [-0.2, -0.15) is 0 Å². The van der Waals surface area contributed by atoms with Crippen molar-refractivity contribution in [1.29, 1.82) is 0 Å². The van der Waals surface area contributed by atoms with E-state index in [1.165, 1.54) is 10.0 Å². The summed E-state index contributed by atoms with van der Waals surface area (Å²) in [5.74, 6) is 0. The molecule has 0 aliphatic rings. The van der Waals surface area contributed by atoms with Gasteiger partial charge in [-0.15, -0.1) is 0 Å². The summed E-state index contributed by atoms with van der Waals surface area (Å²) in [5, 5.41) is 0.